The monoisotopic (exact) mass is 240 g/mol. The van der Waals surface area contributed by atoms with E-state index in [-0.39, 0.29) is 11.6 Å². The predicted octanol–water partition coefficient (Wildman–Crippen LogP) is 1.53. The SMILES string of the molecule is N[C@@H]1CCCN(C(=O)c2ccc(F)cc2F)C1. The molecule has 0 unspecified atom stereocenters. The summed E-state index contributed by atoms with van der Waals surface area (Å²) in [4.78, 5) is 13.5. The van der Waals surface area contributed by atoms with Crippen LogP contribution in [-0.4, -0.2) is 29.9 Å². The van der Waals surface area contributed by atoms with Crippen molar-refractivity contribution in [1.29, 1.82) is 0 Å². The van der Waals surface area contributed by atoms with E-state index in [0.29, 0.717) is 13.1 Å². The minimum absolute atomic E-state index is 0.0591. The van der Waals surface area contributed by atoms with Crippen LogP contribution in [0.15, 0.2) is 18.2 Å². The Kier molecular flexibility index (Phi) is 3.38. The van der Waals surface area contributed by atoms with Crippen molar-refractivity contribution in [3.8, 4) is 0 Å². The highest BCUT2D eigenvalue weighted by atomic mass is 19.1. The molecule has 1 aliphatic heterocycles. The van der Waals surface area contributed by atoms with Crippen molar-refractivity contribution in [3.63, 3.8) is 0 Å². The third kappa shape index (κ3) is 2.61. The number of amides is 1. The normalized spacial score (nSPS) is 20.4. The van der Waals surface area contributed by atoms with Gasteiger partial charge >= 0.3 is 0 Å². The van der Waals surface area contributed by atoms with Crippen molar-refractivity contribution in [1.82, 2.24) is 4.90 Å². The van der Waals surface area contributed by atoms with E-state index in [1.807, 2.05) is 0 Å². The van der Waals surface area contributed by atoms with Crippen LogP contribution >= 0.6 is 0 Å². The van der Waals surface area contributed by atoms with E-state index < -0.39 is 17.5 Å². The first-order valence-corrected chi connectivity index (χ1v) is 5.58. The molecule has 0 aromatic heterocycles. The number of rotatable bonds is 1. The lowest BCUT2D eigenvalue weighted by Gasteiger charge is -2.30. The summed E-state index contributed by atoms with van der Waals surface area (Å²) in [7, 11) is 0. The van der Waals surface area contributed by atoms with Crippen molar-refractivity contribution >= 4 is 5.91 Å². The molecular formula is C12H14F2N2O. The number of halogens is 2. The number of nitrogens with two attached hydrogens (primary N) is 1. The van der Waals surface area contributed by atoms with Gasteiger partial charge in [0.2, 0.25) is 0 Å². The van der Waals surface area contributed by atoms with Crippen molar-refractivity contribution in [2.45, 2.75) is 18.9 Å². The van der Waals surface area contributed by atoms with E-state index in [4.69, 9.17) is 5.73 Å². The van der Waals surface area contributed by atoms with Gasteiger partial charge in [-0.25, -0.2) is 8.78 Å². The van der Waals surface area contributed by atoms with E-state index in [1.54, 1.807) is 0 Å². The van der Waals surface area contributed by atoms with Crippen LogP contribution in [0.4, 0.5) is 8.78 Å². The van der Waals surface area contributed by atoms with Gasteiger partial charge in [-0.2, -0.15) is 0 Å². The molecule has 92 valence electrons. The number of benzene rings is 1. The van der Waals surface area contributed by atoms with Gasteiger partial charge in [0.15, 0.2) is 0 Å². The van der Waals surface area contributed by atoms with Gasteiger partial charge in [0.05, 0.1) is 5.56 Å². The summed E-state index contributed by atoms with van der Waals surface area (Å²) in [5.41, 5.74) is 5.66. The lowest BCUT2D eigenvalue weighted by molar-refractivity contribution is 0.0704. The molecule has 2 rings (SSSR count). The first-order valence-electron chi connectivity index (χ1n) is 5.58. The predicted molar refractivity (Wildman–Crippen MR) is 59.5 cm³/mol. The molecule has 0 bridgehead atoms. The molecule has 3 nitrogen and oxygen atoms in total. The largest absolute Gasteiger partial charge is 0.337 e. The molecule has 1 aromatic rings. The highest BCUT2D eigenvalue weighted by molar-refractivity contribution is 5.94. The summed E-state index contributed by atoms with van der Waals surface area (Å²) in [5, 5.41) is 0. The minimum atomic E-state index is -0.825. The zero-order valence-electron chi connectivity index (χ0n) is 9.33. The van der Waals surface area contributed by atoms with Crippen molar-refractivity contribution in [2.75, 3.05) is 13.1 Å². The van der Waals surface area contributed by atoms with Gasteiger partial charge in [-0.1, -0.05) is 0 Å². The molecular weight excluding hydrogens is 226 g/mol. The average Bonchev–Trinajstić information content (AvgIpc) is 2.28. The van der Waals surface area contributed by atoms with Crippen LogP contribution in [0.3, 0.4) is 0 Å². The maximum Gasteiger partial charge on any atom is 0.256 e. The smallest absolute Gasteiger partial charge is 0.256 e. The molecule has 17 heavy (non-hydrogen) atoms. The second kappa shape index (κ2) is 4.79. The molecule has 1 atom stereocenters. The topological polar surface area (TPSA) is 46.3 Å². The fourth-order valence-corrected chi connectivity index (χ4v) is 2.03. The lowest BCUT2D eigenvalue weighted by atomic mass is 10.1. The van der Waals surface area contributed by atoms with E-state index in [0.717, 1.165) is 25.0 Å². The van der Waals surface area contributed by atoms with Crippen LogP contribution in [0.5, 0.6) is 0 Å². The van der Waals surface area contributed by atoms with Crippen LogP contribution in [0, 0.1) is 11.6 Å². The van der Waals surface area contributed by atoms with Gasteiger partial charge < -0.3 is 10.6 Å². The average molecular weight is 240 g/mol. The van der Waals surface area contributed by atoms with Gasteiger partial charge in [-0.3, -0.25) is 4.79 Å². The van der Waals surface area contributed by atoms with Crippen LogP contribution in [0.1, 0.15) is 23.2 Å². The molecule has 1 aliphatic rings. The Hall–Kier alpha value is -1.49. The maximum absolute atomic E-state index is 13.4. The molecule has 1 saturated heterocycles. The molecule has 0 radical (unpaired) electrons. The zero-order valence-corrected chi connectivity index (χ0v) is 9.33. The highest BCUT2D eigenvalue weighted by Crippen LogP contribution is 2.16. The Morgan fingerprint density at radius 1 is 1.41 bits per heavy atom. The molecule has 1 aromatic carbocycles. The fraction of sp³-hybridized carbons (Fsp3) is 0.417. The summed E-state index contributed by atoms with van der Waals surface area (Å²) in [6, 6.07) is 2.92. The molecule has 1 amide bonds. The quantitative estimate of drug-likeness (QED) is 0.809. The molecule has 1 heterocycles. The van der Waals surface area contributed by atoms with E-state index in [1.165, 1.54) is 11.0 Å². The Labute approximate surface area is 98.2 Å². The van der Waals surface area contributed by atoms with E-state index in [9.17, 15) is 13.6 Å². The third-order valence-corrected chi connectivity index (χ3v) is 2.91. The van der Waals surface area contributed by atoms with Gasteiger partial charge in [-0.05, 0) is 25.0 Å². The van der Waals surface area contributed by atoms with Gasteiger partial charge in [0.25, 0.3) is 5.91 Å². The summed E-state index contributed by atoms with van der Waals surface area (Å²) >= 11 is 0. The minimum Gasteiger partial charge on any atom is -0.337 e. The Bertz CT molecular complexity index is 437. The fourth-order valence-electron chi connectivity index (χ4n) is 2.03. The van der Waals surface area contributed by atoms with Crippen LogP contribution < -0.4 is 5.73 Å². The van der Waals surface area contributed by atoms with Crippen LogP contribution in [-0.2, 0) is 0 Å². The Morgan fingerprint density at radius 2 is 2.18 bits per heavy atom. The second-order valence-corrected chi connectivity index (χ2v) is 4.28. The highest BCUT2D eigenvalue weighted by Gasteiger charge is 2.24. The van der Waals surface area contributed by atoms with E-state index >= 15 is 0 Å². The summed E-state index contributed by atoms with van der Waals surface area (Å²) in [6.45, 7) is 0.999. The Morgan fingerprint density at radius 3 is 2.82 bits per heavy atom. The van der Waals surface area contributed by atoms with Gasteiger partial charge in [0, 0.05) is 25.2 Å². The van der Waals surface area contributed by atoms with Gasteiger partial charge in [0.1, 0.15) is 11.6 Å². The van der Waals surface area contributed by atoms with Gasteiger partial charge in [-0.15, -0.1) is 0 Å². The first-order chi connectivity index (χ1) is 8.08. The number of carbonyl (C=O) groups is 1. The zero-order chi connectivity index (χ0) is 12.4. The van der Waals surface area contributed by atoms with Crippen LogP contribution in [0.2, 0.25) is 0 Å². The maximum atomic E-state index is 13.4. The number of hydrogen-bond acceptors (Lipinski definition) is 2. The molecule has 2 N–H and O–H groups in total. The third-order valence-electron chi connectivity index (χ3n) is 2.91. The van der Waals surface area contributed by atoms with Crippen molar-refractivity contribution in [2.24, 2.45) is 5.73 Å². The number of nitrogens with zero attached hydrogens (tertiary/aromatic N) is 1. The van der Waals surface area contributed by atoms with E-state index in [2.05, 4.69) is 0 Å². The molecule has 0 aliphatic carbocycles. The Balaban J connectivity index is 2.18. The second-order valence-electron chi connectivity index (χ2n) is 4.28. The standard InChI is InChI=1S/C12H14F2N2O/c13-8-3-4-10(11(14)6-8)12(17)16-5-1-2-9(15)7-16/h3-4,6,9H,1-2,5,7,15H2/t9-/m1/s1. The number of likely N-dealkylation sites (tertiary alicyclic amines) is 1. The van der Waals surface area contributed by atoms with Crippen LogP contribution in [0.25, 0.3) is 0 Å². The lowest BCUT2D eigenvalue weighted by Crippen LogP contribution is -2.45. The molecule has 0 spiro atoms. The van der Waals surface area contributed by atoms with Crippen molar-refractivity contribution in [3.05, 3.63) is 35.4 Å². The summed E-state index contributed by atoms with van der Waals surface area (Å²) < 4.78 is 26.2. The number of carbonyl (C=O) groups excluding carboxylic acids is 1. The number of piperidine rings is 1. The summed E-state index contributed by atoms with van der Waals surface area (Å²) in [5.74, 6) is -1.93. The molecule has 1 fully saturated rings. The summed E-state index contributed by atoms with van der Waals surface area (Å²) in [6.07, 6.45) is 1.69. The molecule has 5 heteroatoms. The molecule has 0 saturated carbocycles. The first kappa shape index (κ1) is 12.0. The number of hydrogen-bond donors (Lipinski definition) is 1. The van der Waals surface area contributed by atoms with Crippen molar-refractivity contribution < 1.29 is 13.6 Å².